The van der Waals surface area contributed by atoms with Gasteiger partial charge in [-0.2, -0.15) is 4.31 Å². The number of carbonyl (C=O) groups excluding carboxylic acids is 1. The van der Waals surface area contributed by atoms with Crippen LogP contribution in [0.5, 0.6) is 5.75 Å². The van der Waals surface area contributed by atoms with Gasteiger partial charge in [-0.3, -0.25) is 4.79 Å². The first-order valence-corrected chi connectivity index (χ1v) is 10.8. The smallest absolute Gasteiger partial charge is 0.243 e. The first-order valence-electron chi connectivity index (χ1n) is 9.37. The Morgan fingerprint density at radius 1 is 1.14 bits per heavy atom. The molecule has 0 fully saturated rings. The summed E-state index contributed by atoms with van der Waals surface area (Å²) >= 11 is 0. The molecule has 0 saturated carbocycles. The molecule has 28 heavy (non-hydrogen) atoms. The molecule has 0 aromatic heterocycles. The van der Waals surface area contributed by atoms with Crippen LogP contribution in [-0.2, 0) is 14.8 Å². The third-order valence-corrected chi connectivity index (χ3v) is 6.35. The van der Waals surface area contributed by atoms with Gasteiger partial charge in [0.05, 0.1) is 24.1 Å². The summed E-state index contributed by atoms with van der Waals surface area (Å²) in [6.45, 7) is 7.73. The zero-order chi connectivity index (χ0) is 20.7. The monoisotopic (exact) mass is 404 g/mol. The molecule has 0 bridgehead atoms. The van der Waals surface area contributed by atoms with E-state index in [9.17, 15) is 13.2 Å². The van der Waals surface area contributed by atoms with Crippen LogP contribution in [0.25, 0.3) is 0 Å². The maximum atomic E-state index is 13.0. The largest absolute Gasteiger partial charge is 0.494 e. The Labute approximate surface area is 167 Å². The highest BCUT2D eigenvalue weighted by Gasteiger charge is 2.26. The summed E-state index contributed by atoms with van der Waals surface area (Å²) in [5.41, 5.74) is 1.70. The topological polar surface area (TPSA) is 75.7 Å². The minimum absolute atomic E-state index is 0.152. The summed E-state index contributed by atoms with van der Waals surface area (Å²) in [6, 6.07) is 14.1. The fourth-order valence-corrected chi connectivity index (χ4v) is 4.38. The lowest BCUT2D eigenvalue weighted by Gasteiger charge is -2.22. The van der Waals surface area contributed by atoms with Gasteiger partial charge >= 0.3 is 0 Å². The third kappa shape index (κ3) is 5.33. The normalized spacial score (nSPS) is 12.6. The molecule has 0 aliphatic heterocycles. The number of aryl methyl sites for hydroxylation is 1. The first-order chi connectivity index (χ1) is 13.3. The molecule has 6 nitrogen and oxygen atoms in total. The summed E-state index contributed by atoms with van der Waals surface area (Å²) in [4.78, 5) is 12.6. The maximum absolute atomic E-state index is 13.0. The number of ether oxygens (including phenoxy) is 1. The van der Waals surface area contributed by atoms with Gasteiger partial charge in [-0.15, -0.1) is 0 Å². The average Bonchev–Trinajstić information content (AvgIpc) is 2.68. The van der Waals surface area contributed by atoms with E-state index in [0.717, 1.165) is 11.1 Å². The molecule has 2 aromatic carbocycles. The molecule has 0 radical (unpaired) electrons. The number of hydrogen-bond donors (Lipinski definition) is 1. The number of likely N-dealkylation sites (N-methyl/N-ethyl adjacent to an activating group) is 1. The van der Waals surface area contributed by atoms with Crippen LogP contribution in [0.2, 0.25) is 0 Å². The zero-order valence-electron chi connectivity index (χ0n) is 16.8. The van der Waals surface area contributed by atoms with Crippen molar-refractivity contribution < 1.29 is 17.9 Å². The van der Waals surface area contributed by atoms with Gasteiger partial charge < -0.3 is 10.1 Å². The molecule has 0 aliphatic rings. The van der Waals surface area contributed by atoms with E-state index in [2.05, 4.69) is 5.32 Å². The van der Waals surface area contributed by atoms with Gasteiger partial charge in [0, 0.05) is 6.54 Å². The van der Waals surface area contributed by atoms with Crippen molar-refractivity contribution >= 4 is 15.9 Å². The van der Waals surface area contributed by atoms with Crippen molar-refractivity contribution in [1.82, 2.24) is 9.62 Å². The van der Waals surface area contributed by atoms with E-state index in [1.807, 2.05) is 44.2 Å². The molecule has 0 spiro atoms. The highest BCUT2D eigenvalue weighted by Crippen LogP contribution is 2.24. The molecule has 1 N–H and O–H groups in total. The molecule has 2 rings (SSSR count). The van der Waals surface area contributed by atoms with Gasteiger partial charge in [0.2, 0.25) is 15.9 Å². The second-order valence-electron chi connectivity index (χ2n) is 6.49. The van der Waals surface area contributed by atoms with Crippen LogP contribution in [0.1, 0.15) is 37.9 Å². The highest BCUT2D eigenvalue weighted by atomic mass is 32.2. The Bertz CT molecular complexity index is 898. The van der Waals surface area contributed by atoms with Crippen molar-refractivity contribution in [2.75, 3.05) is 19.7 Å². The van der Waals surface area contributed by atoms with E-state index in [1.54, 1.807) is 26.0 Å². The Hall–Kier alpha value is -2.38. The molecule has 1 atom stereocenters. The average molecular weight is 405 g/mol. The van der Waals surface area contributed by atoms with Gasteiger partial charge in [-0.05, 0) is 50.1 Å². The Balaban J connectivity index is 2.12. The van der Waals surface area contributed by atoms with Crippen molar-refractivity contribution in [3.63, 3.8) is 0 Å². The van der Waals surface area contributed by atoms with Crippen LogP contribution in [-0.4, -0.2) is 38.3 Å². The number of nitrogens with one attached hydrogen (secondary N) is 1. The summed E-state index contributed by atoms with van der Waals surface area (Å²) in [5.74, 6) is 0.309. The van der Waals surface area contributed by atoms with Crippen LogP contribution in [0.3, 0.4) is 0 Å². The SMILES string of the molecule is CCOc1ccc(S(=O)(=O)N(CC)CC(=O)N[C@@H](C)c2ccccc2)cc1C. The van der Waals surface area contributed by atoms with E-state index in [0.29, 0.717) is 12.4 Å². The van der Waals surface area contributed by atoms with E-state index < -0.39 is 10.0 Å². The summed E-state index contributed by atoms with van der Waals surface area (Å²) in [5, 5.41) is 2.86. The van der Waals surface area contributed by atoms with Gasteiger partial charge in [-0.1, -0.05) is 37.3 Å². The van der Waals surface area contributed by atoms with Crippen LogP contribution in [0.4, 0.5) is 0 Å². The van der Waals surface area contributed by atoms with Crippen LogP contribution >= 0.6 is 0 Å². The number of carbonyl (C=O) groups is 1. The van der Waals surface area contributed by atoms with E-state index in [-0.39, 0.29) is 29.9 Å². The second kappa shape index (κ2) is 9.71. The highest BCUT2D eigenvalue weighted by molar-refractivity contribution is 7.89. The fourth-order valence-electron chi connectivity index (χ4n) is 2.89. The maximum Gasteiger partial charge on any atom is 0.243 e. The first kappa shape index (κ1) is 21.9. The number of hydrogen-bond acceptors (Lipinski definition) is 4. The zero-order valence-corrected chi connectivity index (χ0v) is 17.6. The molecule has 1 amide bonds. The third-order valence-electron chi connectivity index (χ3n) is 4.43. The standard InChI is InChI=1S/C21H28N2O4S/c1-5-23(15-21(24)22-17(4)18-10-8-7-9-11-18)28(25,26)19-12-13-20(27-6-2)16(3)14-19/h7-14,17H,5-6,15H2,1-4H3,(H,22,24)/t17-/m0/s1. The van der Waals surface area contributed by atoms with E-state index >= 15 is 0 Å². The minimum Gasteiger partial charge on any atom is -0.494 e. The fraction of sp³-hybridized carbons (Fsp3) is 0.381. The molecule has 152 valence electrons. The van der Waals surface area contributed by atoms with Crippen molar-refractivity contribution in [1.29, 1.82) is 0 Å². The van der Waals surface area contributed by atoms with Crippen molar-refractivity contribution in [3.8, 4) is 5.75 Å². The lowest BCUT2D eigenvalue weighted by molar-refractivity contribution is -0.121. The van der Waals surface area contributed by atoms with Crippen molar-refractivity contribution in [2.24, 2.45) is 0 Å². The van der Waals surface area contributed by atoms with Crippen molar-refractivity contribution in [3.05, 3.63) is 59.7 Å². The number of sulfonamides is 1. The number of amides is 1. The predicted molar refractivity (Wildman–Crippen MR) is 110 cm³/mol. The molecule has 0 saturated heterocycles. The summed E-state index contributed by atoms with van der Waals surface area (Å²) in [6.07, 6.45) is 0. The predicted octanol–water partition coefficient (Wildman–Crippen LogP) is 3.28. The second-order valence-corrected chi connectivity index (χ2v) is 8.43. The van der Waals surface area contributed by atoms with Gasteiger partial charge in [0.1, 0.15) is 5.75 Å². The molecule has 0 aliphatic carbocycles. The molecular formula is C21H28N2O4S. The summed E-state index contributed by atoms with van der Waals surface area (Å²) in [7, 11) is -3.78. The summed E-state index contributed by atoms with van der Waals surface area (Å²) < 4.78 is 32.6. The molecule has 7 heteroatoms. The Morgan fingerprint density at radius 2 is 1.82 bits per heavy atom. The molecule has 0 heterocycles. The van der Waals surface area contributed by atoms with Crippen LogP contribution < -0.4 is 10.1 Å². The van der Waals surface area contributed by atoms with Crippen LogP contribution in [0, 0.1) is 6.92 Å². The lowest BCUT2D eigenvalue weighted by Crippen LogP contribution is -2.41. The van der Waals surface area contributed by atoms with Gasteiger partial charge in [0.25, 0.3) is 0 Å². The molecular weight excluding hydrogens is 376 g/mol. The number of rotatable bonds is 9. The lowest BCUT2D eigenvalue weighted by atomic mass is 10.1. The number of benzene rings is 2. The van der Waals surface area contributed by atoms with Crippen LogP contribution in [0.15, 0.2) is 53.4 Å². The quantitative estimate of drug-likeness (QED) is 0.696. The minimum atomic E-state index is -3.78. The van der Waals surface area contributed by atoms with Gasteiger partial charge in [0.15, 0.2) is 0 Å². The van der Waals surface area contributed by atoms with E-state index in [1.165, 1.54) is 10.4 Å². The molecule has 2 aromatic rings. The van der Waals surface area contributed by atoms with Crippen molar-refractivity contribution in [2.45, 2.75) is 38.6 Å². The number of nitrogens with zero attached hydrogens (tertiary/aromatic N) is 1. The Morgan fingerprint density at radius 3 is 2.39 bits per heavy atom. The Kier molecular flexibility index (Phi) is 7.60. The van der Waals surface area contributed by atoms with Gasteiger partial charge in [-0.25, -0.2) is 8.42 Å². The molecule has 0 unspecified atom stereocenters. The van der Waals surface area contributed by atoms with E-state index in [4.69, 9.17) is 4.74 Å².